The molecule has 0 atom stereocenters. The van der Waals surface area contributed by atoms with Crippen LogP contribution in [0.4, 0.5) is 5.69 Å². The average molecular weight is 192 g/mol. The van der Waals surface area contributed by atoms with Crippen LogP contribution in [0.25, 0.3) is 5.70 Å². The van der Waals surface area contributed by atoms with Crippen LogP contribution in [-0.2, 0) is 0 Å². The molecule has 4 nitrogen and oxygen atoms in total. The molecule has 0 aromatic heterocycles. The second-order valence-electron chi connectivity index (χ2n) is 2.87. The number of non-ortho nitro benzene ring substituents is 1. The molecule has 0 bridgehead atoms. The van der Waals surface area contributed by atoms with Crippen molar-refractivity contribution >= 4 is 11.4 Å². The lowest BCUT2D eigenvalue weighted by Crippen LogP contribution is -1.96. The molecule has 0 spiro atoms. The molecule has 0 aliphatic heterocycles. The molecule has 1 aromatic carbocycles. The van der Waals surface area contributed by atoms with Gasteiger partial charge in [-0.25, -0.2) is 0 Å². The summed E-state index contributed by atoms with van der Waals surface area (Å²) in [6.45, 7) is 1.98. The van der Waals surface area contributed by atoms with Crippen LogP contribution < -0.4 is 5.73 Å². The Kier molecular flexibility index (Phi) is 3.23. The number of rotatable bonds is 3. The van der Waals surface area contributed by atoms with Gasteiger partial charge in [-0.3, -0.25) is 10.1 Å². The van der Waals surface area contributed by atoms with E-state index in [4.69, 9.17) is 5.73 Å². The third-order valence-electron chi connectivity index (χ3n) is 1.84. The van der Waals surface area contributed by atoms with Crippen LogP contribution in [0.2, 0.25) is 0 Å². The molecule has 0 aliphatic carbocycles. The molecular weight excluding hydrogens is 180 g/mol. The van der Waals surface area contributed by atoms with Gasteiger partial charge >= 0.3 is 0 Å². The van der Waals surface area contributed by atoms with Crippen molar-refractivity contribution in [3.63, 3.8) is 0 Å². The first-order valence-corrected chi connectivity index (χ1v) is 4.35. The lowest BCUT2D eigenvalue weighted by molar-refractivity contribution is -0.384. The second kappa shape index (κ2) is 4.41. The van der Waals surface area contributed by atoms with Gasteiger partial charge in [0, 0.05) is 17.8 Å². The summed E-state index contributed by atoms with van der Waals surface area (Å²) in [7, 11) is 0. The summed E-state index contributed by atoms with van der Waals surface area (Å²) < 4.78 is 0. The van der Waals surface area contributed by atoms with Crippen molar-refractivity contribution < 1.29 is 4.92 Å². The van der Waals surface area contributed by atoms with Crippen LogP contribution in [0.1, 0.15) is 18.9 Å². The molecule has 4 heteroatoms. The Bertz CT molecular complexity index is 355. The summed E-state index contributed by atoms with van der Waals surface area (Å²) in [6.07, 6.45) is 2.73. The first-order chi connectivity index (χ1) is 6.65. The highest BCUT2D eigenvalue weighted by molar-refractivity contribution is 5.63. The van der Waals surface area contributed by atoms with Gasteiger partial charge in [0.2, 0.25) is 0 Å². The van der Waals surface area contributed by atoms with Crippen molar-refractivity contribution in [1.29, 1.82) is 0 Å². The molecule has 0 radical (unpaired) electrons. The molecule has 0 amide bonds. The first kappa shape index (κ1) is 10.2. The summed E-state index contributed by atoms with van der Waals surface area (Å²) in [5, 5.41) is 10.4. The van der Waals surface area contributed by atoms with Crippen molar-refractivity contribution in [2.24, 2.45) is 5.73 Å². The molecule has 0 fully saturated rings. The maximum atomic E-state index is 10.4. The number of hydrogen-bond acceptors (Lipinski definition) is 3. The number of allylic oxidation sites excluding steroid dienone is 1. The lowest BCUT2D eigenvalue weighted by atomic mass is 10.1. The van der Waals surface area contributed by atoms with E-state index in [1.807, 2.05) is 13.0 Å². The van der Waals surface area contributed by atoms with Crippen molar-refractivity contribution in [3.8, 4) is 0 Å². The number of nitro benzene ring substituents is 1. The quantitative estimate of drug-likeness (QED) is 0.590. The molecule has 74 valence electrons. The summed E-state index contributed by atoms with van der Waals surface area (Å²) in [4.78, 5) is 9.94. The Labute approximate surface area is 82.2 Å². The normalized spacial score (nSPS) is 11.4. The van der Waals surface area contributed by atoms with Gasteiger partial charge in [-0.1, -0.05) is 13.0 Å². The van der Waals surface area contributed by atoms with E-state index in [1.54, 1.807) is 12.1 Å². The van der Waals surface area contributed by atoms with Crippen molar-refractivity contribution in [3.05, 3.63) is 46.0 Å². The topological polar surface area (TPSA) is 69.2 Å². The SMILES string of the molecule is CC/C=C(\N)c1ccc([N+](=O)[O-])cc1. The van der Waals surface area contributed by atoms with Gasteiger partial charge in [0.15, 0.2) is 0 Å². The zero-order valence-electron chi connectivity index (χ0n) is 7.93. The van der Waals surface area contributed by atoms with E-state index in [2.05, 4.69) is 0 Å². The standard InChI is InChI=1S/C10H12N2O2/c1-2-3-10(11)8-4-6-9(7-5-8)12(13)14/h3-7H,2,11H2,1H3/b10-3-. The highest BCUT2D eigenvalue weighted by atomic mass is 16.6. The Hall–Kier alpha value is -1.84. The van der Waals surface area contributed by atoms with Crippen molar-refractivity contribution in [1.82, 2.24) is 0 Å². The van der Waals surface area contributed by atoms with Crippen LogP contribution in [0, 0.1) is 10.1 Å². The predicted molar refractivity (Wildman–Crippen MR) is 55.6 cm³/mol. The van der Waals surface area contributed by atoms with Gasteiger partial charge in [-0.05, 0) is 24.1 Å². The van der Waals surface area contributed by atoms with Crippen LogP contribution >= 0.6 is 0 Å². The molecule has 0 saturated carbocycles. The zero-order valence-corrected chi connectivity index (χ0v) is 7.93. The highest BCUT2D eigenvalue weighted by Gasteiger charge is 2.04. The molecule has 1 aromatic rings. The zero-order chi connectivity index (χ0) is 10.6. The number of nitrogens with two attached hydrogens (primary N) is 1. The first-order valence-electron chi connectivity index (χ1n) is 4.35. The minimum Gasteiger partial charge on any atom is -0.399 e. The van der Waals surface area contributed by atoms with E-state index in [0.29, 0.717) is 5.70 Å². The number of hydrogen-bond donors (Lipinski definition) is 1. The summed E-state index contributed by atoms with van der Waals surface area (Å²) in [5.41, 5.74) is 7.28. The minimum absolute atomic E-state index is 0.0815. The molecule has 1 rings (SSSR count). The van der Waals surface area contributed by atoms with E-state index >= 15 is 0 Å². The molecule has 0 aliphatic rings. The van der Waals surface area contributed by atoms with E-state index in [9.17, 15) is 10.1 Å². The molecular formula is C10H12N2O2. The number of benzene rings is 1. The summed E-state index contributed by atoms with van der Waals surface area (Å²) >= 11 is 0. The molecule has 0 saturated heterocycles. The predicted octanol–water partition coefficient (Wildman–Crippen LogP) is 2.30. The number of nitro groups is 1. The third-order valence-corrected chi connectivity index (χ3v) is 1.84. The smallest absolute Gasteiger partial charge is 0.269 e. The molecule has 2 N–H and O–H groups in total. The van der Waals surface area contributed by atoms with Gasteiger partial charge in [0.25, 0.3) is 5.69 Å². The highest BCUT2D eigenvalue weighted by Crippen LogP contribution is 2.15. The third kappa shape index (κ3) is 2.32. The van der Waals surface area contributed by atoms with E-state index in [-0.39, 0.29) is 5.69 Å². The molecule has 14 heavy (non-hydrogen) atoms. The lowest BCUT2D eigenvalue weighted by Gasteiger charge is -2.00. The van der Waals surface area contributed by atoms with Gasteiger partial charge in [-0.15, -0.1) is 0 Å². The van der Waals surface area contributed by atoms with Gasteiger partial charge in [-0.2, -0.15) is 0 Å². The monoisotopic (exact) mass is 192 g/mol. The fourth-order valence-electron chi connectivity index (χ4n) is 1.11. The van der Waals surface area contributed by atoms with E-state index in [1.165, 1.54) is 12.1 Å². The summed E-state index contributed by atoms with van der Waals surface area (Å²) in [6, 6.07) is 6.20. The number of nitrogens with zero attached hydrogens (tertiary/aromatic N) is 1. The van der Waals surface area contributed by atoms with Gasteiger partial charge in [0.1, 0.15) is 0 Å². The fourth-order valence-corrected chi connectivity index (χ4v) is 1.11. The maximum Gasteiger partial charge on any atom is 0.269 e. The van der Waals surface area contributed by atoms with Crippen molar-refractivity contribution in [2.45, 2.75) is 13.3 Å². The Morgan fingerprint density at radius 1 is 1.50 bits per heavy atom. The Morgan fingerprint density at radius 2 is 2.07 bits per heavy atom. The second-order valence-corrected chi connectivity index (χ2v) is 2.87. The largest absolute Gasteiger partial charge is 0.399 e. The van der Waals surface area contributed by atoms with Crippen LogP contribution in [0.5, 0.6) is 0 Å². The van der Waals surface area contributed by atoms with Crippen LogP contribution in [0.15, 0.2) is 30.3 Å². The summed E-state index contributed by atoms with van der Waals surface area (Å²) in [5.74, 6) is 0. The Balaban J connectivity index is 2.94. The maximum absolute atomic E-state index is 10.4. The van der Waals surface area contributed by atoms with Crippen LogP contribution in [-0.4, -0.2) is 4.92 Å². The van der Waals surface area contributed by atoms with E-state index in [0.717, 1.165) is 12.0 Å². The Morgan fingerprint density at radius 3 is 2.50 bits per heavy atom. The van der Waals surface area contributed by atoms with Crippen molar-refractivity contribution in [2.75, 3.05) is 0 Å². The molecule has 0 heterocycles. The molecule has 0 unspecified atom stereocenters. The van der Waals surface area contributed by atoms with Gasteiger partial charge < -0.3 is 5.73 Å². The van der Waals surface area contributed by atoms with Crippen LogP contribution in [0.3, 0.4) is 0 Å². The average Bonchev–Trinajstić information content (AvgIpc) is 2.18. The fraction of sp³-hybridized carbons (Fsp3) is 0.200. The van der Waals surface area contributed by atoms with Gasteiger partial charge in [0.05, 0.1) is 4.92 Å². The van der Waals surface area contributed by atoms with E-state index < -0.39 is 4.92 Å². The minimum atomic E-state index is -0.427.